The molecule has 1 aromatic carbocycles. The maximum absolute atomic E-state index is 15.0. The first-order chi connectivity index (χ1) is 17.2. The van der Waals surface area contributed by atoms with Crippen LogP contribution in [0.4, 0.5) is 10.2 Å². The fraction of sp³-hybridized carbons (Fsp3) is 0.500. The van der Waals surface area contributed by atoms with Gasteiger partial charge in [-0.1, -0.05) is 38.8 Å². The molecule has 6 nitrogen and oxygen atoms in total. The van der Waals surface area contributed by atoms with Gasteiger partial charge in [0.05, 0.1) is 5.02 Å². The minimum atomic E-state index is -0.422. The summed E-state index contributed by atoms with van der Waals surface area (Å²) in [4.78, 5) is 29.5. The molecule has 1 aliphatic carbocycles. The Bertz CT molecular complexity index is 1290. The number of pyridine rings is 1. The number of nitrogens with one attached hydrogen (secondary N) is 1. The average Bonchev–Trinajstić information content (AvgIpc) is 3.17. The van der Waals surface area contributed by atoms with E-state index in [1.165, 1.54) is 12.3 Å². The van der Waals surface area contributed by atoms with Crippen LogP contribution in [0.25, 0.3) is 22.0 Å². The van der Waals surface area contributed by atoms with Crippen LogP contribution in [0.15, 0.2) is 24.4 Å². The van der Waals surface area contributed by atoms with E-state index in [1.807, 2.05) is 33.9 Å². The molecule has 0 radical (unpaired) electrons. The number of fused-ring (bicyclic) bond motifs is 1. The molecular formula is C28H34ClFN4O2. The zero-order chi connectivity index (χ0) is 26.0. The number of aromatic nitrogens is 3. The van der Waals surface area contributed by atoms with E-state index in [0.717, 1.165) is 36.8 Å². The molecule has 1 N–H and O–H groups in total. The fourth-order valence-corrected chi connectivity index (χ4v) is 5.70. The third-order valence-corrected chi connectivity index (χ3v) is 7.40. The van der Waals surface area contributed by atoms with Gasteiger partial charge in [0.25, 0.3) is 0 Å². The highest BCUT2D eigenvalue weighted by Gasteiger charge is 2.29. The zero-order valence-electron chi connectivity index (χ0n) is 21.4. The summed E-state index contributed by atoms with van der Waals surface area (Å²) in [5.74, 6) is 0.400. The van der Waals surface area contributed by atoms with Crippen LogP contribution in [0, 0.1) is 17.7 Å². The molecule has 0 aliphatic heterocycles. The molecular weight excluding hydrogens is 479 g/mol. The number of ketones is 1. The van der Waals surface area contributed by atoms with Gasteiger partial charge in [-0.05, 0) is 61.3 Å². The number of carbonyl (C=O) groups is 2. The first-order valence-electron chi connectivity index (χ1n) is 12.8. The molecule has 0 spiro atoms. The average molecular weight is 513 g/mol. The lowest BCUT2D eigenvalue weighted by atomic mass is 9.78. The smallest absolute Gasteiger partial charge is 0.228 e. The SMILES string of the molecule is CCCC(=O)C[C@@H]1CCC[C@H](C(=O)Nc2cc(-c3cc(F)c4nn(C)c(C(C)C)c4c3)c(Cl)cn2)C1. The minimum absolute atomic E-state index is 0.0978. The molecule has 3 aromatic rings. The lowest BCUT2D eigenvalue weighted by molar-refractivity contribution is -0.123. The van der Waals surface area contributed by atoms with Crippen LogP contribution in [0.5, 0.6) is 0 Å². The van der Waals surface area contributed by atoms with Crippen molar-refractivity contribution >= 4 is 40.0 Å². The Labute approximate surface area is 216 Å². The summed E-state index contributed by atoms with van der Waals surface area (Å²) in [6, 6.07) is 5.01. The molecule has 2 aromatic heterocycles. The van der Waals surface area contributed by atoms with E-state index >= 15 is 4.39 Å². The van der Waals surface area contributed by atoms with E-state index in [4.69, 9.17) is 11.6 Å². The molecule has 8 heteroatoms. The van der Waals surface area contributed by atoms with Gasteiger partial charge in [0, 0.05) is 48.6 Å². The molecule has 36 heavy (non-hydrogen) atoms. The summed E-state index contributed by atoms with van der Waals surface area (Å²) in [6.07, 6.45) is 6.93. The Hall–Kier alpha value is -2.80. The fourth-order valence-electron chi connectivity index (χ4n) is 5.49. The second kappa shape index (κ2) is 11.1. The van der Waals surface area contributed by atoms with Crippen LogP contribution in [-0.4, -0.2) is 26.5 Å². The van der Waals surface area contributed by atoms with Crippen LogP contribution < -0.4 is 5.32 Å². The maximum Gasteiger partial charge on any atom is 0.228 e. The number of halogens is 2. The van der Waals surface area contributed by atoms with Crippen molar-refractivity contribution in [3.8, 4) is 11.1 Å². The second-order valence-corrected chi connectivity index (χ2v) is 10.7. The molecule has 4 rings (SSSR count). The van der Waals surface area contributed by atoms with Crippen molar-refractivity contribution in [2.75, 3.05) is 5.32 Å². The highest BCUT2D eigenvalue weighted by molar-refractivity contribution is 6.33. The molecule has 1 amide bonds. The van der Waals surface area contributed by atoms with Gasteiger partial charge in [-0.2, -0.15) is 5.10 Å². The van der Waals surface area contributed by atoms with Crippen LogP contribution in [0.3, 0.4) is 0 Å². The Balaban J connectivity index is 1.56. The van der Waals surface area contributed by atoms with Gasteiger partial charge in [0.2, 0.25) is 5.91 Å². The van der Waals surface area contributed by atoms with Crippen LogP contribution in [-0.2, 0) is 16.6 Å². The van der Waals surface area contributed by atoms with E-state index in [-0.39, 0.29) is 29.4 Å². The first-order valence-corrected chi connectivity index (χ1v) is 13.2. The number of aryl methyl sites for hydroxylation is 1. The van der Waals surface area contributed by atoms with Gasteiger partial charge in [-0.3, -0.25) is 14.3 Å². The molecule has 0 saturated heterocycles. The zero-order valence-corrected chi connectivity index (χ0v) is 22.2. The van der Waals surface area contributed by atoms with Crippen molar-refractivity contribution in [2.24, 2.45) is 18.9 Å². The molecule has 2 heterocycles. The van der Waals surface area contributed by atoms with Crippen LogP contribution >= 0.6 is 11.6 Å². The number of rotatable bonds is 8. The number of carbonyl (C=O) groups excluding carboxylic acids is 2. The Morgan fingerprint density at radius 1 is 1.25 bits per heavy atom. The molecule has 1 aliphatic rings. The molecule has 0 bridgehead atoms. The molecule has 1 saturated carbocycles. The number of Topliss-reactive ketones (excluding diaryl/α,β-unsaturated/α-hetero) is 1. The molecule has 2 atom stereocenters. The molecule has 192 valence electrons. The second-order valence-electron chi connectivity index (χ2n) is 10.3. The molecule has 0 unspecified atom stereocenters. The normalized spacial score (nSPS) is 18.1. The summed E-state index contributed by atoms with van der Waals surface area (Å²) in [5, 5.41) is 8.39. The lowest BCUT2D eigenvalue weighted by Gasteiger charge is -2.28. The maximum atomic E-state index is 15.0. The number of hydrogen-bond donors (Lipinski definition) is 1. The third-order valence-electron chi connectivity index (χ3n) is 7.10. The van der Waals surface area contributed by atoms with Crippen LogP contribution in [0.2, 0.25) is 5.02 Å². The van der Waals surface area contributed by atoms with Gasteiger partial charge >= 0.3 is 0 Å². The predicted molar refractivity (Wildman–Crippen MR) is 142 cm³/mol. The van der Waals surface area contributed by atoms with Crippen molar-refractivity contribution in [3.63, 3.8) is 0 Å². The topological polar surface area (TPSA) is 76.9 Å². The predicted octanol–water partition coefficient (Wildman–Crippen LogP) is 7.06. The van der Waals surface area contributed by atoms with Crippen molar-refractivity contribution < 1.29 is 14.0 Å². The largest absolute Gasteiger partial charge is 0.310 e. The summed E-state index contributed by atoms with van der Waals surface area (Å²) < 4.78 is 16.7. The van der Waals surface area contributed by atoms with E-state index in [1.54, 1.807) is 10.7 Å². The number of amides is 1. The van der Waals surface area contributed by atoms with Gasteiger partial charge in [-0.25, -0.2) is 9.37 Å². The summed E-state index contributed by atoms with van der Waals surface area (Å²) in [5.41, 5.74) is 2.46. The standard InChI is InChI=1S/C28H34ClFN4O2/c1-5-7-20(35)11-17-8-6-9-18(10-17)28(36)32-25-14-21(23(29)15-31-25)19-12-22-26(24(30)13-19)33-34(4)27(22)16(2)3/h12-18H,5-11H2,1-4H3,(H,31,32,36)/t17-,18+/m1/s1. The number of nitrogens with zero attached hydrogens (tertiary/aromatic N) is 3. The van der Waals surface area contributed by atoms with Crippen LogP contribution in [0.1, 0.15) is 77.3 Å². The lowest BCUT2D eigenvalue weighted by Crippen LogP contribution is -2.29. The van der Waals surface area contributed by atoms with Gasteiger partial charge in [0.15, 0.2) is 5.82 Å². The van der Waals surface area contributed by atoms with Gasteiger partial charge in [0.1, 0.15) is 17.1 Å². The summed E-state index contributed by atoms with van der Waals surface area (Å²) in [6.45, 7) is 6.10. The number of anilines is 1. The highest BCUT2D eigenvalue weighted by Crippen LogP contribution is 2.36. The Kier molecular flexibility index (Phi) is 8.08. The monoisotopic (exact) mass is 512 g/mol. The summed E-state index contributed by atoms with van der Waals surface area (Å²) >= 11 is 6.47. The van der Waals surface area contributed by atoms with E-state index in [2.05, 4.69) is 15.4 Å². The van der Waals surface area contributed by atoms with E-state index < -0.39 is 5.82 Å². The van der Waals surface area contributed by atoms with Crippen molar-refractivity contribution in [1.29, 1.82) is 0 Å². The van der Waals surface area contributed by atoms with Gasteiger partial charge < -0.3 is 5.32 Å². The van der Waals surface area contributed by atoms with E-state index in [9.17, 15) is 9.59 Å². The minimum Gasteiger partial charge on any atom is -0.310 e. The van der Waals surface area contributed by atoms with Crippen molar-refractivity contribution in [2.45, 2.75) is 71.6 Å². The van der Waals surface area contributed by atoms with Gasteiger partial charge in [-0.15, -0.1) is 0 Å². The highest BCUT2D eigenvalue weighted by atomic mass is 35.5. The Morgan fingerprint density at radius 2 is 2.03 bits per heavy atom. The quantitative estimate of drug-likeness (QED) is 0.350. The third kappa shape index (κ3) is 5.61. The molecule has 1 fully saturated rings. The number of benzene rings is 1. The first kappa shape index (κ1) is 26.3. The van der Waals surface area contributed by atoms with Crippen molar-refractivity contribution in [1.82, 2.24) is 14.8 Å². The van der Waals surface area contributed by atoms with Crippen molar-refractivity contribution in [3.05, 3.63) is 40.9 Å². The number of hydrogen-bond acceptors (Lipinski definition) is 4. The Morgan fingerprint density at radius 3 is 2.75 bits per heavy atom. The van der Waals surface area contributed by atoms with E-state index in [0.29, 0.717) is 46.7 Å². The summed E-state index contributed by atoms with van der Waals surface area (Å²) in [7, 11) is 1.82.